The summed E-state index contributed by atoms with van der Waals surface area (Å²) in [5.74, 6) is -1.53. The summed E-state index contributed by atoms with van der Waals surface area (Å²) in [5.41, 5.74) is 14.3. The predicted molar refractivity (Wildman–Crippen MR) is 101 cm³/mol. The number of phenolic OH excluding ortho intramolecular Hbond substituents is 1. The van der Waals surface area contributed by atoms with Crippen molar-refractivity contribution in [2.24, 2.45) is 11.5 Å². The third-order valence-electron chi connectivity index (χ3n) is 4.31. The molecule has 7 heteroatoms. The van der Waals surface area contributed by atoms with Crippen LogP contribution in [0, 0.1) is 0 Å². The Morgan fingerprint density at radius 3 is 2.30 bits per heavy atom. The number of ether oxygens (including phenoxy) is 1. The zero-order valence-electron chi connectivity index (χ0n) is 14.6. The molecule has 0 saturated carbocycles. The van der Waals surface area contributed by atoms with E-state index in [0.717, 1.165) is 22.0 Å². The molecule has 3 rings (SSSR count). The van der Waals surface area contributed by atoms with Crippen LogP contribution in [0.2, 0.25) is 0 Å². The van der Waals surface area contributed by atoms with E-state index in [-0.39, 0.29) is 18.6 Å². The number of rotatable bonds is 6. The first kappa shape index (κ1) is 18.6. The zero-order valence-corrected chi connectivity index (χ0v) is 14.6. The third kappa shape index (κ3) is 4.52. The first-order valence-electron chi connectivity index (χ1n) is 8.53. The normalized spacial score (nSPS) is 13.3. The van der Waals surface area contributed by atoms with Crippen molar-refractivity contribution in [1.82, 2.24) is 4.98 Å². The van der Waals surface area contributed by atoms with Crippen LogP contribution in [0.4, 0.5) is 0 Å². The minimum Gasteiger partial charge on any atom is -0.508 e. The highest BCUT2D eigenvalue weighted by atomic mass is 16.6. The number of hydrogen-bond acceptors (Lipinski definition) is 6. The van der Waals surface area contributed by atoms with Crippen LogP contribution in [0.15, 0.2) is 54.7 Å². The number of fused-ring (bicyclic) bond motifs is 1. The van der Waals surface area contributed by atoms with Crippen LogP contribution in [-0.2, 0) is 27.2 Å². The largest absolute Gasteiger partial charge is 0.508 e. The van der Waals surface area contributed by atoms with Gasteiger partial charge in [-0.25, -0.2) is 9.59 Å². The minimum atomic E-state index is -1.00. The molecule has 0 radical (unpaired) electrons. The standard InChI is InChI=1S/C20H21N3O4/c21-16(9-12-5-7-14(24)8-6-12)19(25)27-20(26)17(22)10-13-11-23-18-4-2-1-3-15(13)18/h1-8,11,16-17,23-24H,9-10,21-22H2/t16-,17-/m0/s1. The molecular formula is C20H21N3O4. The van der Waals surface area contributed by atoms with Crippen LogP contribution in [0.3, 0.4) is 0 Å². The SMILES string of the molecule is N[C@@H](Cc1ccc(O)cc1)C(=O)OC(=O)[C@@H](N)Cc1c[nH]c2ccccc12. The number of carbonyl (C=O) groups excluding carboxylic acids is 2. The average Bonchev–Trinajstić information content (AvgIpc) is 3.06. The summed E-state index contributed by atoms with van der Waals surface area (Å²) >= 11 is 0. The highest BCUT2D eigenvalue weighted by Gasteiger charge is 2.24. The predicted octanol–water partition coefficient (Wildman–Crippen LogP) is 1.38. The van der Waals surface area contributed by atoms with Crippen molar-refractivity contribution in [3.63, 3.8) is 0 Å². The van der Waals surface area contributed by atoms with E-state index in [1.807, 2.05) is 24.3 Å². The summed E-state index contributed by atoms with van der Waals surface area (Å²) in [6.07, 6.45) is 2.21. The molecular weight excluding hydrogens is 346 g/mol. The number of hydrogen-bond donors (Lipinski definition) is 4. The molecule has 6 N–H and O–H groups in total. The van der Waals surface area contributed by atoms with Crippen molar-refractivity contribution in [3.8, 4) is 5.75 Å². The van der Waals surface area contributed by atoms with E-state index in [2.05, 4.69) is 4.98 Å². The lowest BCUT2D eigenvalue weighted by atomic mass is 10.1. The minimum absolute atomic E-state index is 0.119. The molecule has 0 saturated heterocycles. The molecule has 0 spiro atoms. The fraction of sp³-hybridized carbons (Fsp3) is 0.200. The van der Waals surface area contributed by atoms with Crippen molar-refractivity contribution in [2.75, 3.05) is 0 Å². The number of aromatic nitrogens is 1. The molecule has 0 amide bonds. The highest BCUT2D eigenvalue weighted by Crippen LogP contribution is 2.19. The number of carbonyl (C=O) groups is 2. The Labute approximate surface area is 155 Å². The number of esters is 2. The Morgan fingerprint density at radius 1 is 0.963 bits per heavy atom. The fourth-order valence-corrected chi connectivity index (χ4v) is 2.84. The van der Waals surface area contributed by atoms with Gasteiger partial charge >= 0.3 is 11.9 Å². The van der Waals surface area contributed by atoms with E-state index >= 15 is 0 Å². The van der Waals surface area contributed by atoms with Crippen molar-refractivity contribution >= 4 is 22.8 Å². The number of para-hydroxylation sites is 1. The number of benzene rings is 2. The summed E-state index contributed by atoms with van der Waals surface area (Å²) in [7, 11) is 0. The summed E-state index contributed by atoms with van der Waals surface area (Å²) in [6, 6.07) is 12.0. The second kappa shape index (κ2) is 8.03. The number of phenols is 1. The van der Waals surface area contributed by atoms with E-state index < -0.39 is 24.0 Å². The summed E-state index contributed by atoms with van der Waals surface area (Å²) in [6.45, 7) is 0. The van der Waals surface area contributed by atoms with Crippen LogP contribution < -0.4 is 11.5 Å². The van der Waals surface area contributed by atoms with Gasteiger partial charge in [-0.05, 0) is 35.7 Å². The number of nitrogens with two attached hydrogens (primary N) is 2. The van der Waals surface area contributed by atoms with E-state index in [1.165, 1.54) is 12.1 Å². The third-order valence-corrected chi connectivity index (χ3v) is 4.31. The lowest BCUT2D eigenvalue weighted by molar-refractivity contribution is -0.161. The van der Waals surface area contributed by atoms with Gasteiger partial charge in [0.05, 0.1) is 0 Å². The Hall–Kier alpha value is -3.16. The van der Waals surface area contributed by atoms with Gasteiger partial charge in [-0.2, -0.15) is 0 Å². The molecule has 1 aromatic heterocycles. The van der Waals surface area contributed by atoms with E-state index in [1.54, 1.807) is 18.3 Å². The van der Waals surface area contributed by atoms with Gasteiger partial charge in [0.25, 0.3) is 0 Å². The topological polar surface area (TPSA) is 131 Å². The first-order valence-corrected chi connectivity index (χ1v) is 8.53. The Bertz CT molecular complexity index is 949. The second-order valence-corrected chi connectivity index (χ2v) is 6.39. The molecule has 2 atom stereocenters. The molecule has 0 aliphatic rings. The Kier molecular flexibility index (Phi) is 5.54. The maximum Gasteiger partial charge on any atom is 0.330 e. The molecule has 0 fully saturated rings. The van der Waals surface area contributed by atoms with Crippen molar-refractivity contribution in [3.05, 3.63) is 65.9 Å². The number of aromatic amines is 1. The molecule has 0 unspecified atom stereocenters. The van der Waals surface area contributed by atoms with Gasteiger partial charge in [-0.1, -0.05) is 30.3 Å². The van der Waals surface area contributed by atoms with Gasteiger partial charge in [0.15, 0.2) is 0 Å². The fourth-order valence-electron chi connectivity index (χ4n) is 2.84. The molecule has 0 bridgehead atoms. The van der Waals surface area contributed by atoms with Crippen molar-refractivity contribution in [1.29, 1.82) is 0 Å². The van der Waals surface area contributed by atoms with Gasteiger partial charge in [0, 0.05) is 23.5 Å². The monoisotopic (exact) mass is 367 g/mol. The first-order chi connectivity index (χ1) is 12.9. The van der Waals surface area contributed by atoms with Crippen LogP contribution in [0.1, 0.15) is 11.1 Å². The van der Waals surface area contributed by atoms with Crippen molar-refractivity contribution < 1.29 is 19.4 Å². The molecule has 1 heterocycles. The van der Waals surface area contributed by atoms with Gasteiger partial charge in [0.2, 0.25) is 0 Å². The Balaban J connectivity index is 1.56. The molecule has 140 valence electrons. The zero-order chi connectivity index (χ0) is 19.4. The summed E-state index contributed by atoms with van der Waals surface area (Å²) < 4.78 is 4.84. The lowest BCUT2D eigenvalue weighted by Gasteiger charge is -2.13. The number of H-pyrrole nitrogens is 1. The quantitative estimate of drug-likeness (QED) is 0.384. The smallest absolute Gasteiger partial charge is 0.330 e. The van der Waals surface area contributed by atoms with Crippen LogP contribution in [0.25, 0.3) is 10.9 Å². The lowest BCUT2D eigenvalue weighted by Crippen LogP contribution is -2.41. The molecule has 3 aromatic rings. The highest BCUT2D eigenvalue weighted by molar-refractivity contribution is 5.91. The number of aromatic hydroxyl groups is 1. The summed E-state index contributed by atoms with van der Waals surface area (Å²) in [5, 5.41) is 10.2. The second-order valence-electron chi connectivity index (χ2n) is 6.39. The Morgan fingerprint density at radius 2 is 1.59 bits per heavy atom. The van der Waals surface area contributed by atoms with Gasteiger partial charge in [0.1, 0.15) is 17.8 Å². The summed E-state index contributed by atoms with van der Waals surface area (Å²) in [4.78, 5) is 27.3. The average molecular weight is 367 g/mol. The van der Waals surface area contributed by atoms with Gasteiger partial charge < -0.3 is 26.3 Å². The van der Waals surface area contributed by atoms with Crippen molar-refractivity contribution in [2.45, 2.75) is 24.9 Å². The van der Waals surface area contributed by atoms with Gasteiger partial charge in [-0.3, -0.25) is 0 Å². The maximum absolute atomic E-state index is 12.2. The molecule has 2 aromatic carbocycles. The number of nitrogens with one attached hydrogen (secondary N) is 1. The van der Waals surface area contributed by atoms with E-state index in [0.29, 0.717) is 0 Å². The molecule has 7 nitrogen and oxygen atoms in total. The molecule has 27 heavy (non-hydrogen) atoms. The van der Waals surface area contributed by atoms with Crippen LogP contribution in [0.5, 0.6) is 5.75 Å². The van der Waals surface area contributed by atoms with Crippen LogP contribution >= 0.6 is 0 Å². The molecule has 0 aliphatic heterocycles. The van der Waals surface area contributed by atoms with E-state index in [9.17, 15) is 14.7 Å². The maximum atomic E-state index is 12.2. The molecule has 0 aliphatic carbocycles. The van der Waals surface area contributed by atoms with E-state index in [4.69, 9.17) is 16.2 Å². The van der Waals surface area contributed by atoms with Crippen LogP contribution in [-0.4, -0.2) is 34.1 Å². The van der Waals surface area contributed by atoms with Gasteiger partial charge in [-0.15, -0.1) is 0 Å².